The average molecular weight is 392 g/mol. The van der Waals surface area contributed by atoms with Crippen LogP contribution < -0.4 is 10.5 Å². The number of aromatic nitrogens is 1. The van der Waals surface area contributed by atoms with Gasteiger partial charge in [-0.15, -0.1) is 0 Å². The van der Waals surface area contributed by atoms with E-state index in [1.54, 1.807) is 6.07 Å². The fraction of sp³-hybridized carbons (Fsp3) is 0.429. The summed E-state index contributed by atoms with van der Waals surface area (Å²) in [6.45, 7) is 1.62. The zero-order chi connectivity index (χ0) is 20.1. The zero-order valence-corrected chi connectivity index (χ0v) is 15.5. The Kier molecular flexibility index (Phi) is 6.21. The lowest BCUT2D eigenvalue weighted by molar-refractivity contribution is -0.137. The van der Waals surface area contributed by atoms with Gasteiger partial charge in [0.25, 0.3) is 0 Å². The predicted molar refractivity (Wildman–Crippen MR) is 102 cm³/mol. The Morgan fingerprint density at radius 2 is 1.75 bits per heavy atom. The highest BCUT2D eigenvalue weighted by Crippen LogP contribution is 2.32. The molecule has 0 radical (unpaired) electrons. The molecule has 150 valence electrons. The van der Waals surface area contributed by atoms with Gasteiger partial charge in [0.15, 0.2) is 5.78 Å². The predicted octanol–water partition coefficient (Wildman–Crippen LogP) is 4.66. The summed E-state index contributed by atoms with van der Waals surface area (Å²) in [4.78, 5) is 27.8. The van der Waals surface area contributed by atoms with Gasteiger partial charge in [-0.1, -0.05) is 0 Å². The fourth-order valence-electron chi connectivity index (χ4n) is 3.62. The van der Waals surface area contributed by atoms with E-state index < -0.39 is 11.7 Å². The Balaban J connectivity index is 1.42. The molecule has 2 heterocycles. The summed E-state index contributed by atoms with van der Waals surface area (Å²) in [6.07, 6.45) is 1.27. The highest BCUT2D eigenvalue weighted by Gasteiger charge is 2.30. The van der Waals surface area contributed by atoms with Crippen molar-refractivity contribution >= 4 is 11.5 Å². The highest BCUT2D eigenvalue weighted by molar-refractivity contribution is 5.95. The molecule has 0 aliphatic carbocycles. The summed E-state index contributed by atoms with van der Waals surface area (Å²) in [5.74, 6) is 0.549. The van der Waals surface area contributed by atoms with Crippen molar-refractivity contribution in [3.8, 4) is 0 Å². The molecule has 0 amide bonds. The van der Waals surface area contributed by atoms with Crippen molar-refractivity contribution in [2.45, 2.75) is 38.3 Å². The summed E-state index contributed by atoms with van der Waals surface area (Å²) < 4.78 is 38.0. The molecule has 0 saturated carbocycles. The minimum Gasteiger partial charge on any atom is -0.372 e. The van der Waals surface area contributed by atoms with Gasteiger partial charge in [0.2, 0.25) is 5.56 Å². The average Bonchev–Trinajstić information content (AvgIpc) is 2.68. The first-order chi connectivity index (χ1) is 13.3. The molecule has 1 aromatic heterocycles. The van der Waals surface area contributed by atoms with E-state index in [1.165, 1.54) is 24.4 Å². The number of hydrogen-bond acceptors (Lipinski definition) is 3. The van der Waals surface area contributed by atoms with Crippen molar-refractivity contribution in [1.29, 1.82) is 0 Å². The number of carbonyl (C=O) groups is 1. The number of carbonyl (C=O) groups excluding carboxylic acids is 1. The van der Waals surface area contributed by atoms with Crippen molar-refractivity contribution in [2.24, 2.45) is 5.92 Å². The quantitative estimate of drug-likeness (QED) is 0.728. The van der Waals surface area contributed by atoms with Crippen molar-refractivity contribution in [3.05, 3.63) is 64.1 Å². The minimum atomic E-state index is -4.31. The zero-order valence-electron chi connectivity index (χ0n) is 15.5. The van der Waals surface area contributed by atoms with Crippen LogP contribution in [0, 0.1) is 5.92 Å². The number of H-pyrrole nitrogens is 1. The van der Waals surface area contributed by atoms with Crippen LogP contribution in [0.3, 0.4) is 0 Å². The maximum Gasteiger partial charge on any atom is 0.416 e. The van der Waals surface area contributed by atoms with Gasteiger partial charge in [0, 0.05) is 43.0 Å². The van der Waals surface area contributed by atoms with E-state index in [0.29, 0.717) is 17.9 Å². The van der Waals surface area contributed by atoms with E-state index in [-0.39, 0.29) is 11.3 Å². The van der Waals surface area contributed by atoms with Crippen molar-refractivity contribution in [3.63, 3.8) is 0 Å². The van der Waals surface area contributed by atoms with Gasteiger partial charge in [-0.25, -0.2) is 0 Å². The second-order valence-electron chi connectivity index (χ2n) is 7.23. The lowest BCUT2D eigenvalue weighted by atomic mass is 9.90. The molecule has 1 saturated heterocycles. The van der Waals surface area contributed by atoms with Crippen LogP contribution >= 0.6 is 0 Å². The van der Waals surface area contributed by atoms with Gasteiger partial charge in [0.05, 0.1) is 5.56 Å². The van der Waals surface area contributed by atoms with Crippen molar-refractivity contribution < 1.29 is 18.0 Å². The Morgan fingerprint density at radius 3 is 2.32 bits per heavy atom. The summed E-state index contributed by atoms with van der Waals surface area (Å²) in [5, 5.41) is 0. The highest BCUT2D eigenvalue weighted by atomic mass is 19.4. The first-order valence-corrected chi connectivity index (χ1v) is 9.47. The summed E-state index contributed by atoms with van der Waals surface area (Å²) >= 11 is 0. The number of piperidine rings is 1. The number of nitrogens with zero attached hydrogens (tertiary/aromatic N) is 1. The Morgan fingerprint density at radius 1 is 1.07 bits per heavy atom. The summed E-state index contributed by atoms with van der Waals surface area (Å²) in [6, 6.07) is 8.22. The maximum absolute atomic E-state index is 12.7. The van der Waals surface area contributed by atoms with Crippen molar-refractivity contribution in [2.75, 3.05) is 18.0 Å². The second kappa shape index (κ2) is 8.63. The van der Waals surface area contributed by atoms with Crippen LogP contribution in [-0.2, 0) is 6.18 Å². The molecule has 4 nitrogen and oxygen atoms in total. The minimum absolute atomic E-state index is 0.0263. The summed E-state index contributed by atoms with van der Waals surface area (Å²) in [7, 11) is 0. The van der Waals surface area contributed by atoms with Crippen molar-refractivity contribution in [1.82, 2.24) is 4.98 Å². The van der Waals surface area contributed by atoms with E-state index in [2.05, 4.69) is 9.88 Å². The normalized spacial score (nSPS) is 15.6. The third kappa shape index (κ3) is 5.24. The molecule has 2 aromatic rings. The number of nitrogens with one attached hydrogen (secondary N) is 1. The van der Waals surface area contributed by atoms with E-state index in [1.807, 2.05) is 0 Å². The third-order valence-electron chi connectivity index (χ3n) is 5.30. The second-order valence-corrected chi connectivity index (χ2v) is 7.23. The molecule has 1 N–H and O–H groups in total. The van der Waals surface area contributed by atoms with Crippen LogP contribution in [-0.4, -0.2) is 23.9 Å². The van der Waals surface area contributed by atoms with Crippen LogP contribution in [0.15, 0.2) is 47.4 Å². The standard InChI is InChI=1S/C21H23F3N2O2/c22-21(23,24)17-5-7-18(8-6-17)26-12-10-15(11-13-26)2-1-3-19(27)16-4-9-20(28)25-14-16/h4-9,14-15H,1-3,10-13H2,(H,25,28). The van der Waals surface area contributed by atoms with Crippen LogP contribution in [0.2, 0.25) is 0 Å². The van der Waals surface area contributed by atoms with E-state index in [9.17, 15) is 22.8 Å². The molecule has 1 aliphatic rings. The first kappa shape index (κ1) is 20.2. The van der Waals surface area contributed by atoms with Gasteiger partial charge < -0.3 is 9.88 Å². The smallest absolute Gasteiger partial charge is 0.372 e. The SMILES string of the molecule is O=C(CCCC1CCN(c2ccc(C(F)(F)F)cc2)CC1)c1ccc(=O)[nH]c1. The van der Waals surface area contributed by atoms with Gasteiger partial charge in [-0.2, -0.15) is 13.2 Å². The van der Waals surface area contributed by atoms with Gasteiger partial charge in [-0.3, -0.25) is 9.59 Å². The molecule has 0 spiro atoms. The summed E-state index contributed by atoms with van der Waals surface area (Å²) in [5.41, 5.74) is 0.492. The van der Waals surface area contributed by atoms with Gasteiger partial charge in [-0.05, 0) is 61.9 Å². The third-order valence-corrected chi connectivity index (χ3v) is 5.30. The van der Waals surface area contributed by atoms with Crippen LogP contribution in [0.4, 0.5) is 18.9 Å². The monoisotopic (exact) mass is 392 g/mol. The molecule has 0 bridgehead atoms. The number of hydrogen-bond donors (Lipinski definition) is 1. The molecule has 28 heavy (non-hydrogen) atoms. The van der Waals surface area contributed by atoms with Crippen LogP contribution in [0.25, 0.3) is 0 Å². The first-order valence-electron chi connectivity index (χ1n) is 9.47. The number of anilines is 1. The number of halogens is 3. The lowest BCUT2D eigenvalue weighted by Gasteiger charge is -2.33. The largest absolute Gasteiger partial charge is 0.416 e. The molecule has 3 rings (SSSR count). The molecular formula is C21H23F3N2O2. The van der Waals surface area contributed by atoms with Crippen LogP contribution in [0.5, 0.6) is 0 Å². The Bertz CT molecular complexity index is 831. The van der Waals surface area contributed by atoms with E-state index in [4.69, 9.17) is 0 Å². The van der Waals surface area contributed by atoms with E-state index in [0.717, 1.165) is 56.6 Å². The number of pyridine rings is 1. The number of aromatic amines is 1. The Hall–Kier alpha value is -2.57. The molecule has 1 aliphatic heterocycles. The lowest BCUT2D eigenvalue weighted by Crippen LogP contribution is -2.33. The van der Waals surface area contributed by atoms with Gasteiger partial charge >= 0.3 is 6.18 Å². The van der Waals surface area contributed by atoms with E-state index >= 15 is 0 Å². The number of rotatable bonds is 6. The number of Topliss-reactive ketones (excluding diaryl/α,β-unsaturated/α-hetero) is 1. The molecule has 7 heteroatoms. The Labute approximate surface area is 161 Å². The number of benzene rings is 1. The topological polar surface area (TPSA) is 53.2 Å². The number of alkyl halides is 3. The molecular weight excluding hydrogens is 369 g/mol. The molecule has 0 unspecified atom stereocenters. The molecule has 1 aromatic carbocycles. The van der Waals surface area contributed by atoms with Gasteiger partial charge in [0.1, 0.15) is 0 Å². The number of ketones is 1. The van der Waals surface area contributed by atoms with Crippen LogP contribution in [0.1, 0.15) is 48.0 Å². The maximum atomic E-state index is 12.7. The molecule has 1 fully saturated rings. The fourth-order valence-corrected chi connectivity index (χ4v) is 3.62. The molecule has 0 atom stereocenters.